The average molecular weight is 240 g/mol. The maximum Gasteiger partial charge on any atom is 0.229 e. The van der Waals surface area contributed by atoms with Crippen molar-refractivity contribution in [3.8, 4) is 0 Å². The van der Waals surface area contributed by atoms with Gasteiger partial charge in [0.15, 0.2) is 0 Å². The second kappa shape index (κ2) is 4.36. The highest BCUT2D eigenvalue weighted by molar-refractivity contribution is 6.28. The van der Waals surface area contributed by atoms with E-state index in [0.717, 1.165) is 11.5 Å². The number of aromatic nitrogens is 3. The van der Waals surface area contributed by atoms with E-state index in [1.807, 2.05) is 19.1 Å². The van der Waals surface area contributed by atoms with Gasteiger partial charge in [0, 0.05) is 0 Å². The van der Waals surface area contributed by atoms with Gasteiger partial charge in [-0.1, -0.05) is 0 Å². The van der Waals surface area contributed by atoms with Crippen molar-refractivity contribution in [2.45, 2.75) is 13.5 Å². The molecule has 0 aromatic carbocycles. The standard InChI is InChI=1S/C9H10ClN5O/c1-5-2-3-6(16-5)4-12-9-14-7(10)13-8(11)15-9/h2-3H,4H2,1H3,(H3,11,12,13,14,15). The van der Waals surface area contributed by atoms with Crippen molar-refractivity contribution in [3.05, 3.63) is 28.9 Å². The predicted molar refractivity (Wildman–Crippen MR) is 60.0 cm³/mol. The minimum Gasteiger partial charge on any atom is -0.465 e. The molecule has 3 N–H and O–H groups in total. The molecule has 0 saturated heterocycles. The first-order valence-electron chi connectivity index (χ1n) is 4.60. The van der Waals surface area contributed by atoms with Gasteiger partial charge < -0.3 is 15.5 Å². The average Bonchev–Trinajstić information content (AvgIpc) is 2.60. The van der Waals surface area contributed by atoms with E-state index in [9.17, 15) is 0 Å². The smallest absolute Gasteiger partial charge is 0.229 e. The fraction of sp³-hybridized carbons (Fsp3) is 0.222. The van der Waals surface area contributed by atoms with Crippen LogP contribution < -0.4 is 11.1 Å². The van der Waals surface area contributed by atoms with Crippen molar-refractivity contribution in [2.24, 2.45) is 0 Å². The zero-order chi connectivity index (χ0) is 11.5. The van der Waals surface area contributed by atoms with Crippen LogP contribution in [0.4, 0.5) is 11.9 Å². The fourth-order valence-electron chi connectivity index (χ4n) is 1.19. The minimum absolute atomic E-state index is 0.0608. The second-order valence-corrected chi connectivity index (χ2v) is 3.49. The molecule has 7 heteroatoms. The molecule has 0 radical (unpaired) electrons. The number of halogens is 1. The molecule has 16 heavy (non-hydrogen) atoms. The fourth-order valence-corrected chi connectivity index (χ4v) is 1.36. The van der Waals surface area contributed by atoms with Crippen molar-refractivity contribution in [3.63, 3.8) is 0 Å². The first-order chi connectivity index (χ1) is 7.63. The molecule has 0 saturated carbocycles. The number of furan rings is 1. The molecule has 0 aliphatic carbocycles. The summed E-state index contributed by atoms with van der Waals surface area (Å²) < 4.78 is 5.37. The predicted octanol–water partition coefficient (Wildman–Crippen LogP) is 1.62. The van der Waals surface area contributed by atoms with Crippen molar-refractivity contribution in [1.82, 2.24) is 15.0 Å². The van der Waals surface area contributed by atoms with Crippen LogP contribution in [0.5, 0.6) is 0 Å². The number of rotatable bonds is 3. The van der Waals surface area contributed by atoms with Crippen LogP contribution in [-0.2, 0) is 6.54 Å². The van der Waals surface area contributed by atoms with Crippen molar-refractivity contribution < 1.29 is 4.42 Å². The molecule has 84 valence electrons. The highest BCUT2D eigenvalue weighted by atomic mass is 35.5. The summed E-state index contributed by atoms with van der Waals surface area (Å²) in [5.41, 5.74) is 5.42. The highest BCUT2D eigenvalue weighted by Gasteiger charge is 2.03. The molecule has 0 fully saturated rings. The summed E-state index contributed by atoms with van der Waals surface area (Å²) in [5, 5.41) is 3.00. The second-order valence-electron chi connectivity index (χ2n) is 3.15. The van der Waals surface area contributed by atoms with Crippen molar-refractivity contribution in [1.29, 1.82) is 0 Å². The Labute approximate surface area is 96.9 Å². The molecule has 2 aromatic heterocycles. The van der Waals surface area contributed by atoms with Crippen molar-refractivity contribution >= 4 is 23.5 Å². The number of nitrogens with one attached hydrogen (secondary N) is 1. The Hall–Kier alpha value is -1.82. The molecule has 6 nitrogen and oxygen atoms in total. The van der Waals surface area contributed by atoms with E-state index in [2.05, 4.69) is 20.3 Å². The van der Waals surface area contributed by atoms with Gasteiger partial charge in [0.05, 0.1) is 6.54 Å². The third-order valence-corrected chi connectivity index (χ3v) is 2.01. The lowest BCUT2D eigenvalue weighted by Gasteiger charge is -2.02. The molecule has 0 bridgehead atoms. The van der Waals surface area contributed by atoms with Crippen LogP contribution in [0.15, 0.2) is 16.5 Å². The maximum absolute atomic E-state index is 5.63. The van der Waals surface area contributed by atoms with E-state index in [0.29, 0.717) is 12.5 Å². The molecule has 0 unspecified atom stereocenters. The molecule has 2 heterocycles. The Kier molecular flexibility index (Phi) is 2.91. The Balaban J connectivity index is 2.04. The summed E-state index contributed by atoms with van der Waals surface area (Å²) in [6.07, 6.45) is 0. The van der Waals surface area contributed by atoms with E-state index >= 15 is 0 Å². The van der Waals surface area contributed by atoms with Gasteiger partial charge in [-0.25, -0.2) is 0 Å². The van der Waals surface area contributed by atoms with Gasteiger partial charge in [0.1, 0.15) is 11.5 Å². The zero-order valence-electron chi connectivity index (χ0n) is 8.57. The van der Waals surface area contributed by atoms with E-state index in [1.165, 1.54) is 0 Å². The zero-order valence-corrected chi connectivity index (χ0v) is 9.32. The van der Waals surface area contributed by atoms with Crippen LogP contribution >= 0.6 is 11.6 Å². The first kappa shape index (κ1) is 10.7. The maximum atomic E-state index is 5.63. The highest BCUT2D eigenvalue weighted by Crippen LogP contribution is 2.10. The van der Waals surface area contributed by atoms with Crippen LogP contribution in [-0.4, -0.2) is 15.0 Å². The molecule has 0 aliphatic heterocycles. The lowest BCUT2D eigenvalue weighted by Crippen LogP contribution is -2.06. The molecular weight excluding hydrogens is 230 g/mol. The van der Waals surface area contributed by atoms with E-state index in [4.69, 9.17) is 21.8 Å². The van der Waals surface area contributed by atoms with E-state index < -0.39 is 0 Å². The number of nitrogens with two attached hydrogens (primary N) is 1. The summed E-state index contributed by atoms with van der Waals surface area (Å²) in [5.74, 6) is 2.04. The third-order valence-electron chi connectivity index (χ3n) is 1.84. The SMILES string of the molecule is Cc1ccc(CNc2nc(N)nc(Cl)n2)o1. The Bertz CT molecular complexity index is 478. The van der Waals surface area contributed by atoms with Gasteiger partial charge >= 0.3 is 0 Å². The normalized spacial score (nSPS) is 10.4. The number of hydrogen-bond acceptors (Lipinski definition) is 6. The molecule has 0 aliphatic rings. The minimum atomic E-state index is 0.0608. The Morgan fingerprint density at radius 2 is 2.19 bits per heavy atom. The molecule has 0 amide bonds. The number of nitrogens with zero attached hydrogens (tertiary/aromatic N) is 3. The van der Waals surface area contributed by atoms with Crippen LogP contribution in [0.25, 0.3) is 0 Å². The third kappa shape index (κ3) is 2.60. The van der Waals surface area contributed by atoms with E-state index in [-0.39, 0.29) is 11.2 Å². The monoisotopic (exact) mass is 239 g/mol. The summed E-state index contributed by atoms with van der Waals surface area (Å²) in [6.45, 7) is 2.34. The van der Waals surface area contributed by atoms with Gasteiger partial charge in [-0.2, -0.15) is 15.0 Å². The van der Waals surface area contributed by atoms with Gasteiger partial charge in [-0.05, 0) is 30.7 Å². The van der Waals surface area contributed by atoms with Gasteiger partial charge in [-0.15, -0.1) is 0 Å². The summed E-state index contributed by atoms with van der Waals surface area (Å²) in [4.78, 5) is 11.4. The molecule has 0 atom stereocenters. The summed E-state index contributed by atoms with van der Waals surface area (Å²) in [6, 6.07) is 3.75. The van der Waals surface area contributed by atoms with Gasteiger partial charge in [-0.3, -0.25) is 0 Å². The Morgan fingerprint density at radius 3 is 2.81 bits per heavy atom. The molecule has 0 spiro atoms. The largest absolute Gasteiger partial charge is 0.465 e. The summed E-state index contributed by atoms with van der Waals surface area (Å²) >= 11 is 5.63. The van der Waals surface area contributed by atoms with Gasteiger partial charge in [0.25, 0.3) is 0 Å². The lowest BCUT2D eigenvalue weighted by molar-refractivity contribution is 0.490. The summed E-state index contributed by atoms with van der Waals surface area (Å²) in [7, 11) is 0. The van der Waals surface area contributed by atoms with Crippen LogP contribution in [0.1, 0.15) is 11.5 Å². The molecular formula is C9H10ClN5O. The van der Waals surface area contributed by atoms with Crippen LogP contribution in [0.2, 0.25) is 5.28 Å². The first-order valence-corrected chi connectivity index (χ1v) is 4.97. The molecule has 2 aromatic rings. The topological polar surface area (TPSA) is 89.9 Å². The van der Waals surface area contributed by atoms with Crippen LogP contribution in [0.3, 0.4) is 0 Å². The number of hydrogen-bond donors (Lipinski definition) is 2. The quantitative estimate of drug-likeness (QED) is 0.846. The number of nitrogen functional groups attached to an aromatic ring is 1. The lowest BCUT2D eigenvalue weighted by atomic mass is 10.4. The number of anilines is 2. The number of aryl methyl sites for hydroxylation is 1. The van der Waals surface area contributed by atoms with Crippen LogP contribution in [0, 0.1) is 6.92 Å². The Morgan fingerprint density at radius 1 is 1.38 bits per heavy atom. The van der Waals surface area contributed by atoms with Crippen molar-refractivity contribution in [2.75, 3.05) is 11.1 Å². The molecule has 2 rings (SSSR count). The van der Waals surface area contributed by atoms with Gasteiger partial charge in [0.2, 0.25) is 17.2 Å². The van der Waals surface area contributed by atoms with E-state index in [1.54, 1.807) is 0 Å².